The Morgan fingerprint density at radius 2 is 2.10 bits per heavy atom. The van der Waals surface area contributed by atoms with Gasteiger partial charge in [-0.25, -0.2) is 0 Å². The first kappa shape index (κ1) is 14.3. The van der Waals surface area contributed by atoms with Crippen molar-refractivity contribution in [1.82, 2.24) is 9.59 Å². The lowest BCUT2D eigenvalue weighted by atomic mass is 10.0. The van der Waals surface area contributed by atoms with Crippen LogP contribution in [-0.2, 0) is 6.42 Å². The monoisotopic (exact) mass is 306 g/mol. The molecule has 1 aliphatic rings. The first-order valence-electron chi connectivity index (χ1n) is 7.18. The van der Waals surface area contributed by atoms with E-state index in [0.717, 1.165) is 41.1 Å². The van der Waals surface area contributed by atoms with Gasteiger partial charge in [-0.2, -0.15) is 0 Å². The van der Waals surface area contributed by atoms with Crippen molar-refractivity contribution < 1.29 is 14.6 Å². The van der Waals surface area contributed by atoms with E-state index in [2.05, 4.69) is 16.5 Å². The number of aryl methyl sites for hydroxylation is 1. The fraction of sp³-hybridized carbons (Fsp3) is 0.467. The van der Waals surface area contributed by atoms with Crippen molar-refractivity contribution in [3.8, 4) is 11.5 Å². The van der Waals surface area contributed by atoms with Gasteiger partial charge in [-0.1, -0.05) is 23.9 Å². The molecule has 6 heteroatoms. The molecule has 0 spiro atoms. The molecular weight excluding hydrogens is 288 g/mol. The average Bonchev–Trinajstić information content (AvgIpc) is 2.82. The zero-order valence-electron chi connectivity index (χ0n) is 11.9. The maximum absolute atomic E-state index is 10.6. The van der Waals surface area contributed by atoms with Crippen LogP contribution >= 0.6 is 11.5 Å². The Labute approximate surface area is 127 Å². The van der Waals surface area contributed by atoms with Crippen molar-refractivity contribution in [2.24, 2.45) is 0 Å². The van der Waals surface area contributed by atoms with Gasteiger partial charge < -0.3 is 14.6 Å². The second-order valence-corrected chi connectivity index (χ2v) is 5.78. The lowest BCUT2D eigenvalue weighted by Gasteiger charge is -2.13. The number of rotatable bonds is 4. The zero-order chi connectivity index (χ0) is 14.7. The van der Waals surface area contributed by atoms with Crippen molar-refractivity contribution in [3.63, 3.8) is 0 Å². The van der Waals surface area contributed by atoms with Crippen LogP contribution in [0.4, 0.5) is 0 Å². The molecule has 1 atom stereocenters. The SMILES string of the molecule is CCCc1nnsc1C(O)c1ccc2c(c1)OCCCO2. The molecule has 1 aromatic heterocycles. The van der Waals surface area contributed by atoms with Gasteiger partial charge in [-0.05, 0) is 35.6 Å². The summed E-state index contributed by atoms with van der Waals surface area (Å²) in [7, 11) is 0. The molecule has 5 nitrogen and oxygen atoms in total. The van der Waals surface area contributed by atoms with E-state index < -0.39 is 6.10 Å². The lowest BCUT2D eigenvalue weighted by molar-refractivity contribution is 0.221. The van der Waals surface area contributed by atoms with Gasteiger partial charge in [0.05, 0.1) is 23.8 Å². The van der Waals surface area contributed by atoms with Crippen LogP contribution in [0.15, 0.2) is 18.2 Å². The van der Waals surface area contributed by atoms with Crippen LogP contribution in [0.3, 0.4) is 0 Å². The van der Waals surface area contributed by atoms with Crippen molar-refractivity contribution in [2.45, 2.75) is 32.3 Å². The van der Waals surface area contributed by atoms with Crippen LogP contribution in [0.25, 0.3) is 0 Å². The summed E-state index contributed by atoms with van der Waals surface area (Å²) in [6.07, 6.45) is 1.95. The maximum Gasteiger partial charge on any atom is 0.161 e. The van der Waals surface area contributed by atoms with Crippen molar-refractivity contribution in [3.05, 3.63) is 34.3 Å². The average molecular weight is 306 g/mol. The number of aliphatic hydroxyl groups excluding tert-OH is 1. The Bertz CT molecular complexity index is 615. The molecule has 1 aliphatic heterocycles. The first-order chi connectivity index (χ1) is 10.3. The fourth-order valence-corrected chi connectivity index (χ4v) is 3.05. The van der Waals surface area contributed by atoms with E-state index in [1.165, 1.54) is 11.5 Å². The summed E-state index contributed by atoms with van der Waals surface area (Å²) in [5.74, 6) is 1.43. The molecule has 1 aromatic carbocycles. The molecule has 0 saturated heterocycles. The normalized spacial score (nSPS) is 15.5. The zero-order valence-corrected chi connectivity index (χ0v) is 12.7. The molecule has 3 rings (SSSR count). The van der Waals surface area contributed by atoms with Crippen molar-refractivity contribution >= 4 is 11.5 Å². The molecule has 0 fully saturated rings. The van der Waals surface area contributed by atoms with E-state index in [0.29, 0.717) is 19.0 Å². The molecule has 1 unspecified atom stereocenters. The highest BCUT2D eigenvalue weighted by Gasteiger charge is 2.20. The summed E-state index contributed by atoms with van der Waals surface area (Å²) in [6.45, 7) is 3.38. The van der Waals surface area contributed by atoms with Gasteiger partial charge in [0.2, 0.25) is 0 Å². The van der Waals surface area contributed by atoms with E-state index in [4.69, 9.17) is 9.47 Å². The van der Waals surface area contributed by atoms with Crippen molar-refractivity contribution in [1.29, 1.82) is 0 Å². The van der Waals surface area contributed by atoms with Crippen LogP contribution in [0, 0.1) is 0 Å². The highest BCUT2D eigenvalue weighted by atomic mass is 32.1. The Kier molecular flexibility index (Phi) is 4.36. The second kappa shape index (κ2) is 6.41. The minimum absolute atomic E-state index is 0.635. The molecule has 1 N–H and O–H groups in total. The molecule has 0 radical (unpaired) electrons. The Morgan fingerprint density at radius 3 is 2.90 bits per heavy atom. The number of aliphatic hydroxyl groups is 1. The van der Waals surface area contributed by atoms with E-state index >= 15 is 0 Å². The van der Waals surface area contributed by atoms with Gasteiger partial charge in [-0.15, -0.1) is 5.10 Å². The summed E-state index contributed by atoms with van der Waals surface area (Å²) in [6, 6.07) is 5.57. The Hall–Kier alpha value is -1.66. The van der Waals surface area contributed by atoms with Crippen LogP contribution < -0.4 is 9.47 Å². The van der Waals surface area contributed by atoms with Gasteiger partial charge >= 0.3 is 0 Å². The summed E-state index contributed by atoms with van der Waals surface area (Å²) < 4.78 is 15.2. The van der Waals surface area contributed by atoms with Gasteiger partial charge in [0, 0.05) is 6.42 Å². The minimum atomic E-state index is -0.719. The second-order valence-electron chi connectivity index (χ2n) is 4.99. The molecular formula is C15H18N2O3S. The number of hydrogen-bond acceptors (Lipinski definition) is 6. The van der Waals surface area contributed by atoms with Crippen LogP contribution in [-0.4, -0.2) is 27.9 Å². The molecule has 0 amide bonds. The van der Waals surface area contributed by atoms with Crippen LogP contribution in [0.1, 0.15) is 42.0 Å². The van der Waals surface area contributed by atoms with Gasteiger partial charge in [0.1, 0.15) is 6.10 Å². The Balaban J connectivity index is 1.89. The fourth-order valence-electron chi connectivity index (χ4n) is 2.33. The van der Waals surface area contributed by atoms with Crippen LogP contribution in [0.5, 0.6) is 11.5 Å². The summed E-state index contributed by atoms with van der Waals surface area (Å²) >= 11 is 1.25. The third kappa shape index (κ3) is 3.01. The first-order valence-corrected chi connectivity index (χ1v) is 7.95. The molecule has 112 valence electrons. The number of benzene rings is 1. The third-order valence-corrected chi connectivity index (χ3v) is 4.23. The third-order valence-electron chi connectivity index (χ3n) is 3.41. The molecule has 21 heavy (non-hydrogen) atoms. The lowest BCUT2D eigenvalue weighted by Crippen LogP contribution is -2.02. The molecule has 0 saturated carbocycles. The highest BCUT2D eigenvalue weighted by molar-refractivity contribution is 7.05. The van der Waals surface area contributed by atoms with Gasteiger partial charge in [-0.3, -0.25) is 0 Å². The number of nitrogens with zero attached hydrogens (tertiary/aromatic N) is 2. The molecule has 2 aromatic rings. The minimum Gasteiger partial charge on any atom is -0.490 e. The number of ether oxygens (including phenoxy) is 2. The molecule has 0 aliphatic carbocycles. The Morgan fingerprint density at radius 1 is 1.29 bits per heavy atom. The predicted molar refractivity (Wildman–Crippen MR) is 80.0 cm³/mol. The number of fused-ring (bicyclic) bond motifs is 1. The van der Waals surface area contributed by atoms with Crippen LogP contribution in [0.2, 0.25) is 0 Å². The smallest absolute Gasteiger partial charge is 0.161 e. The number of aromatic nitrogens is 2. The summed E-state index contributed by atoms with van der Waals surface area (Å²) in [4.78, 5) is 0.811. The topological polar surface area (TPSA) is 64.5 Å². The van der Waals surface area contributed by atoms with E-state index in [1.807, 2.05) is 18.2 Å². The van der Waals surface area contributed by atoms with Crippen molar-refractivity contribution in [2.75, 3.05) is 13.2 Å². The standard InChI is InChI=1S/C15H18N2O3S/c1-2-4-11-15(21-17-16-11)14(18)10-5-6-12-13(9-10)20-8-3-7-19-12/h5-6,9,14,18H,2-4,7-8H2,1H3. The van der Waals surface area contributed by atoms with E-state index in [1.54, 1.807) is 0 Å². The summed E-state index contributed by atoms with van der Waals surface area (Å²) in [5, 5.41) is 14.7. The van der Waals surface area contributed by atoms with E-state index in [-0.39, 0.29) is 0 Å². The quantitative estimate of drug-likeness (QED) is 0.941. The number of hydrogen-bond donors (Lipinski definition) is 1. The maximum atomic E-state index is 10.6. The molecule has 2 heterocycles. The predicted octanol–water partition coefficient (Wildman–Crippen LogP) is 2.73. The van der Waals surface area contributed by atoms with Gasteiger partial charge in [0.25, 0.3) is 0 Å². The molecule has 0 bridgehead atoms. The largest absolute Gasteiger partial charge is 0.490 e. The highest BCUT2D eigenvalue weighted by Crippen LogP contribution is 2.35. The van der Waals surface area contributed by atoms with E-state index in [9.17, 15) is 5.11 Å². The van der Waals surface area contributed by atoms with Gasteiger partial charge in [0.15, 0.2) is 11.5 Å². The summed E-state index contributed by atoms with van der Waals surface area (Å²) in [5.41, 5.74) is 1.66.